The molecule has 2 heteroatoms. The van der Waals surface area contributed by atoms with Crippen LogP contribution >= 0.6 is 0 Å². The first-order valence-electron chi connectivity index (χ1n) is 6.19. The van der Waals surface area contributed by atoms with E-state index in [1.807, 2.05) is 6.07 Å². The van der Waals surface area contributed by atoms with Gasteiger partial charge in [-0.25, -0.2) is 0 Å². The predicted molar refractivity (Wildman–Crippen MR) is 70.7 cm³/mol. The van der Waals surface area contributed by atoms with Crippen molar-refractivity contribution in [3.8, 4) is 0 Å². The zero-order chi connectivity index (χ0) is 11.7. The lowest BCUT2D eigenvalue weighted by molar-refractivity contribution is 0.423. The van der Waals surface area contributed by atoms with E-state index in [9.17, 15) is 0 Å². The normalized spacial score (nSPS) is 20.8. The molecule has 1 fully saturated rings. The maximum absolute atomic E-state index is 5.86. The van der Waals surface area contributed by atoms with E-state index in [2.05, 4.69) is 37.8 Å². The summed E-state index contributed by atoms with van der Waals surface area (Å²) < 4.78 is 0. The summed E-state index contributed by atoms with van der Waals surface area (Å²) in [6.07, 6.45) is 1.31. The van der Waals surface area contributed by atoms with Crippen LogP contribution in [0.4, 0.5) is 11.4 Å². The molecule has 16 heavy (non-hydrogen) atoms. The van der Waals surface area contributed by atoms with Crippen molar-refractivity contribution in [2.45, 2.75) is 27.2 Å². The average Bonchev–Trinajstić information content (AvgIpc) is 2.70. The summed E-state index contributed by atoms with van der Waals surface area (Å²) in [5, 5.41) is 0. The molecular weight excluding hydrogens is 196 g/mol. The van der Waals surface area contributed by atoms with Crippen LogP contribution < -0.4 is 10.6 Å². The van der Waals surface area contributed by atoms with Crippen molar-refractivity contribution in [3.05, 3.63) is 23.8 Å². The molecule has 0 aliphatic carbocycles. The van der Waals surface area contributed by atoms with Gasteiger partial charge in [-0.3, -0.25) is 0 Å². The first-order valence-corrected chi connectivity index (χ1v) is 6.19. The van der Waals surface area contributed by atoms with Crippen LogP contribution in [0.25, 0.3) is 0 Å². The molecule has 2 N–H and O–H groups in total. The maximum atomic E-state index is 5.86. The van der Waals surface area contributed by atoms with Crippen LogP contribution in [0.2, 0.25) is 0 Å². The molecule has 1 heterocycles. The van der Waals surface area contributed by atoms with Crippen LogP contribution in [0.15, 0.2) is 18.2 Å². The Bertz CT molecular complexity index is 371. The Labute approximate surface area is 98.4 Å². The number of anilines is 2. The SMILES string of the molecule is Cc1ccc(N)cc1N1CCC(C(C)C)C1. The average molecular weight is 218 g/mol. The van der Waals surface area contributed by atoms with E-state index in [0.29, 0.717) is 0 Å². The highest BCUT2D eigenvalue weighted by Crippen LogP contribution is 2.31. The molecule has 0 saturated carbocycles. The number of aryl methyl sites for hydroxylation is 1. The van der Waals surface area contributed by atoms with Crippen LogP contribution in [0.1, 0.15) is 25.8 Å². The summed E-state index contributed by atoms with van der Waals surface area (Å²) in [5.74, 6) is 1.62. The topological polar surface area (TPSA) is 29.3 Å². The minimum Gasteiger partial charge on any atom is -0.399 e. The first-order chi connectivity index (χ1) is 7.58. The molecule has 1 aromatic rings. The summed E-state index contributed by atoms with van der Waals surface area (Å²) in [4.78, 5) is 2.48. The molecule has 88 valence electrons. The van der Waals surface area contributed by atoms with E-state index in [-0.39, 0.29) is 0 Å². The summed E-state index contributed by atoms with van der Waals surface area (Å²) in [6, 6.07) is 6.21. The zero-order valence-corrected chi connectivity index (χ0v) is 10.5. The monoisotopic (exact) mass is 218 g/mol. The minimum absolute atomic E-state index is 0.784. The number of rotatable bonds is 2. The molecular formula is C14H22N2. The third kappa shape index (κ3) is 2.16. The van der Waals surface area contributed by atoms with Crippen molar-refractivity contribution in [2.24, 2.45) is 11.8 Å². The summed E-state index contributed by atoms with van der Waals surface area (Å²) in [5.41, 5.74) is 9.39. The van der Waals surface area contributed by atoms with Crippen LogP contribution in [0, 0.1) is 18.8 Å². The molecule has 1 saturated heterocycles. The van der Waals surface area contributed by atoms with E-state index in [0.717, 1.165) is 17.5 Å². The van der Waals surface area contributed by atoms with Gasteiger partial charge in [-0.2, -0.15) is 0 Å². The van der Waals surface area contributed by atoms with Gasteiger partial charge >= 0.3 is 0 Å². The van der Waals surface area contributed by atoms with Crippen molar-refractivity contribution in [2.75, 3.05) is 23.7 Å². The van der Waals surface area contributed by atoms with Gasteiger partial charge in [0, 0.05) is 24.5 Å². The second-order valence-corrected chi connectivity index (χ2v) is 5.28. The van der Waals surface area contributed by atoms with E-state index in [4.69, 9.17) is 5.73 Å². The van der Waals surface area contributed by atoms with Gasteiger partial charge in [0.15, 0.2) is 0 Å². The molecule has 1 unspecified atom stereocenters. The Balaban J connectivity index is 2.17. The van der Waals surface area contributed by atoms with Gasteiger partial charge in [0.2, 0.25) is 0 Å². The smallest absolute Gasteiger partial charge is 0.0416 e. The third-order valence-corrected chi connectivity index (χ3v) is 3.74. The summed E-state index contributed by atoms with van der Waals surface area (Å²) in [6.45, 7) is 9.16. The Kier molecular flexibility index (Phi) is 3.08. The molecule has 0 amide bonds. The predicted octanol–water partition coefficient (Wildman–Crippen LogP) is 3.06. The number of nitrogens with zero attached hydrogens (tertiary/aromatic N) is 1. The quantitative estimate of drug-likeness (QED) is 0.773. The number of nitrogens with two attached hydrogens (primary N) is 1. The van der Waals surface area contributed by atoms with Crippen LogP contribution in [0.3, 0.4) is 0 Å². The maximum Gasteiger partial charge on any atom is 0.0416 e. The highest BCUT2D eigenvalue weighted by molar-refractivity contribution is 5.61. The molecule has 0 radical (unpaired) electrons. The molecule has 1 atom stereocenters. The highest BCUT2D eigenvalue weighted by atomic mass is 15.2. The third-order valence-electron chi connectivity index (χ3n) is 3.74. The molecule has 0 spiro atoms. The van der Waals surface area contributed by atoms with E-state index in [1.54, 1.807) is 0 Å². The lowest BCUT2D eigenvalue weighted by atomic mass is 9.95. The standard InChI is InChI=1S/C14H22N2/c1-10(2)12-6-7-16(9-12)14-8-13(15)5-4-11(14)3/h4-5,8,10,12H,6-7,9,15H2,1-3H3. The fourth-order valence-electron chi connectivity index (χ4n) is 2.52. The van der Waals surface area contributed by atoms with E-state index < -0.39 is 0 Å². The number of benzene rings is 1. The lowest BCUT2D eigenvalue weighted by Gasteiger charge is -2.22. The van der Waals surface area contributed by atoms with Gasteiger partial charge in [-0.1, -0.05) is 19.9 Å². The number of hydrogen-bond acceptors (Lipinski definition) is 2. The van der Waals surface area contributed by atoms with Crippen LogP contribution in [-0.2, 0) is 0 Å². The van der Waals surface area contributed by atoms with Gasteiger partial charge < -0.3 is 10.6 Å². The lowest BCUT2D eigenvalue weighted by Crippen LogP contribution is -2.22. The highest BCUT2D eigenvalue weighted by Gasteiger charge is 2.25. The molecule has 1 aromatic carbocycles. The van der Waals surface area contributed by atoms with Crippen molar-refractivity contribution in [1.29, 1.82) is 0 Å². The van der Waals surface area contributed by atoms with E-state index >= 15 is 0 Å². The molecule has 2 rings (SSSR count). The summed E-state index contributed by atoms with van der Waals surface area (Å²) in [7, 11) is 0. The molecule has 0 bridgehead atoms. The Morgan fingerprint density at radius 3 is 2.75 bits per heavy atom. The van der Waals surface area contributed by atoms with Gasteiger partial charge in [0.05, 0.1) is 0 Å². The van der Waals surface area contributed by atoms with Gasteiger partial charge in [0.25, 0.3) is 0 Å². The Morgan fingerprint density at radius 1 is 1.38 bits per heavy atom. The van der Waals surface area contributed by atoms with Gasteiger partial charge in [-0.05, 0) is 42.9 Å². The minimum atomic E-state index is 0.784. The Hall–Kier alpha value is -1.18. The van der Waals surface area contributed by atoms with Crippen molar-refractivity contribution >= 4 is 11.4 Å². The zero-order valence-electron chi connectivity index (χ0n) is 10.5. The summed E-state index contributed by atoms with van der Waals surface area (Å²) >= 11 is 0. The van der Waals surface area contributed by atoms with Crippen molar-refractivity contribution in [1.82, 2.24) is 0 Å². The Morgan fingerprint density at radius 2 is 2.12 bits per heavy atom. The van der Waals surface area contributed by atoms with Crippen molar-refractivity contribution in [3.63, 3.8) is 0 Å². The second kappa shape index (κ2) is 4.36. The fraction of sp³-hybridized carbons (Fsp3) is 0.571. The number of nitrogen functional groups attached to an aromatic ring is 1. The van der Waals surface area contributed by atoms with Gasteiger partial charge in [-0.15, -0.1) is 0 Å². The molecule has 1 aliphatic heterocycles. The first kappa shape index (κ1) is 11.3. The largest absolute Gasteiger partial charge is 0.399 e. The molecule has 2 nitrogen and oxygen atoms in total. The van der Waals surface area contributed by atoms with Crippen LogP contribution in [0.5, 0.6) is 0 Å². The van der Waals surface area contributed by atoms with Gasteiger partial charge in [0.1, 0.15) is 0 Å². The van der Waals surface area contributed by atoms with Crippen LogP contribution in [-0.4, -0.2) is 13.1 Å². The number of hydrogen-bond donors (Lipinski definition) is 1. The van der Waals surface area contributed by atoms with E-state index in [1.165, 1.54) is 30.8 Å². The molecule has 1 aliphatic rings. The second-order valence-electron chi connectivity index (χ2n) is 5.28. The molecule has 0 aromatic heterocycles. The fourth-order valence-corrected chi connectivity index (χ4v) is 2.52. The van der Waals surface area contributed by atoms with Crippen molar-refractivity contribution < 1.29 is 0 Å².